The summed E-state index contributed by atoms with van der Waals surface area (Å²) in [6, 6.07) is 12.3. The third-order valence-electron chi connectivity index (χ3n) is 2.79. The standard InChI is InChI=1S/C15H18ClNOS/c1-2-17-13(10-14-4-3-9-18-14)11-19-15-7-5-12(16)6-8-15/h3-9,13,17H,2,10-11H2,1H3. The summed E-state index contributed by atoms with van der Waals surface area (Å²) in [4.78, 5) is 1.24. The van der Waals surface area contributed by atoms with E-state index in [1.165, 1.54) is 4.90 Å². The van der Waals surface area contributed by atoms with Gasteiger partial charge in [-0.15, -0.1) is 11.8 Å². The third kappa shape index (κ3) is 4.94. The second kappa shape index (κ2) is 7.63. The Morgan fingerprint density at radius 3 is 2.68 bits per heavy atom. The third-order valence-corrected chi connectivity index (χ3v) is 4.21. The van der Waals surface area contributed by atoms with Crippen molar-refractivity contribution < 1.29 is 4.42 Å². The molecule has 0 aliphatic rings. The van der Waals surface area contributed by atoms with Gasteiger partial charge in [-0.25, -0.2) is 0 Å². The molecular weight excluding hydrogens is 278 g/mol. The van der Waals surface area contributed by atoms with Gasteiger partial charge in [0.15, 0.2) is 0 Å². The van der Waals surface area contributed by atoms with Crippen molar-refractivity contribution in [2.75, 3.05) is 12.3 Å². The molecule has 1 N–H and O–H groups in total. The highest BCUT2D eigenvalue weighted by molar-refractivity contribution is 7.99. The average Bonchev–Trinajstić information content (AvgIpc) is 2.91. The van der Waals surface area contributed by atoms with E-state index in [9.17, 15) is 0 Å². The highest BCUT2D eigenvalue weighted by Crippen LogP contribution is 2.22. The summed E-state index contributed by atoms with van der Waals surface area (Å²) in [5.41, 5.74) is 0. The molecule has 0 aliphatic heterocycles. The highest BCUT2D eigenvalue weighted by atomic mass is 35.5. The zero-order valence-electron chi connectivity index (χ0n) is 10.9. The topological polar surface area (TPSA) is 25.2 Å². The lowest BCUT2D eigenvalue weighted by Gasteiger charge is -2.16. The summed E-state index contributed by atoms with van der Waals surface area (Å²) >= 11 is 7.72. The van der Waals surface area contributed by atoms with Gasteiger partial charge in [0.05, 0.1) is 6.26 Å². The molecule has 0 saturated heterocycles. The van der Waals surface area contributed by atoms with Gasteiger partial charge in [0.25, 0.3) is 0 Å². The predicted molar refractivity (Wildman–Crippen MR) is 82.1 cm³/mol. The molecule has 0 amide bonds. The van der Waals surface area contributed by atoms with Crippen molar-refractivity contribution in [2.45, 2.75) is 24.3 Å². The van der Waals surface area contributed by atoms with Crippen LogP contribution in [0.1, 0.15) is 12.7 Å². The first-order valence-corrected chi connectivity index (χ1v) is 7.78. The molecule has 0 spiro atoms. The molecule has 1 aromatic heterocycles. The van der Waals surface area contributed by atoms with Crippen molar-refractivity contribution in [3.05, 3.63) is 53.4 Å². The van der Waals surface area contributed by atoms with Crippen molar-refractivity contribution in [1.82, 2.24) is 5.32 Å². The van der Waals surface area contributed by atoms with Gasteiger partial charge in [0.2, 0.25) is 0 Å². The van der Waals surface area contributed by atoms with Crippen LogP contribution in [0.4, 0.5) is 0 Å². The zero-order valence-corrected chi connectivity index (χ0v) is 12.5. The maximum atomic E-state index is 5.88. The van der Waals surface area contributed by atoms with Crippen LogP contribution in [0, 0.1) is 0 Å². The number of thioether (sulfide) groups is 1. The Balaban J connectivity index is 1.87. The van der Waals surface area contributed by atoms with Crippen LogP contribution in [0.15, 0.2) is 52.0 Å². The normalized spacial score (nSPS) is 12.5. The van der Waals surface area contributed by atoms with E-state index in [0.717, 1.165) is 29.5 Å². The number of benzene rings is 1. The lowest BCUT2D eigenvalue weighted by atomic mass is 10.2. The van der Waals surface area contributed by atoms with Gasteiger partial charge in [-0.1, -0.05) is 18.5 Å². The Morgan fingerprint density at radius 2 is 2.05 bits per heavy atom. The Labute approximate surface area is 123 Å². The second-order valence-corrected chi connectivity index (χ2v) is 5.83. The Morgan fingerprint density at radius 1 is 1.26 bits per heavy atom. The summed E-state index contributed by atoms with van der Waals surface area (Å²) in [5, 5.41) is 4.28. The van der Waals surface area contributed by atoms with Crippen molar-refractivity contribution in [3.8, 4) is 0 Å². The Bertz CT molecular complexity index is 469. The van der Waals surface area contributed by atoms with E-state index in [1.54, 1.807) is 6.26 Å². The maximum absolute atomic E-state index is 5.88. The molecule has 2 aromatic rings. The van der Waals surface area contributed by atoms with Gasteiger partial charge in [-0.05, 0) is 42.9 Å². The SMILES string of the molecule is CCNC(CSc1ccc(Cl)cc1)Cc1ccco1. The number of furan rings is 1. The molecule has 1 unspecified atom stereocenters. The monoisotopic (exact) mass is 295 g/mol. The van der Waals surface area contributed by atoms with Gasteiger partial charge in [-0.3, -0.25) is 0 Å². The van der Waals surface area contributed by atoms with Crippen LogP contribution in [-0.2, 0) is 6.42 Å². The fourth-order valence-corrected chi connectivity index (χ4v) is 2.96. The van der Waals surface area contributed by atoms with Crippen LogP contribution in [0.5, 0.6) is 0 Å². The zero-order chi connectivity index (χ0) is 13.5. The van der Waals surface area contributed by atoms with E-state index in [-0.39, 0.29) is 0 Å². The van der Waals surface area contributed by atoms with E-state index in [2.05, 4.69) is 24.4 Å². The summed E-state index contributed by atoms with van der Waals surface area (Å²) in [5.74, 6) is 2.04. The first-order valence-electron chi connectivity index (χ1n) is 6.42. The lowest BCUT2D eigenvalue weighted by molar-refractivity contribution is 0.465. The minimum absolute atomic E-state index is 0.414. The fourth-order valence-electron chi connectivity index (χ4n) is 1.88. The van der Waals surface area contributed by atoms with E-state index >= 15 is 0 Å². The van der Waals surface area contributed by atoms with Crippen LogP contribution in [0.2, 0.25) is 5.02 Å². The van der Waals surface area contributed by atoms with Crippen LogP contribution in [0.3, 0.4) is 0 Å². The van der Waals surface area contributed by atoms with Crippen LogP contribution in [0.25, 0.3) is 0 Å². The molecule has 2 rings (SSSR count). The van der Waals surface area contributed by atoms with Crippen molar-refractivity contribution in [2.24, 2.45) is 0 Å². The fraction of sp³-hybridized carbons (Fsp3) is 0.333. The molecule has 0 radical (unpaired) electrons. The lowest BCUT2D eigenvalue weighted by Crippen LogP contribution is -2.33. The number of halogens is 1. The molecule has 4 heteroatoms. The number of hydrogen-bond donors (Lipinski definition) is 1. The van der Waals surface area contributed by atoms with Gasteiger partial charge >= 0.3 is 0 Å². The van der Waals surface area contributed by atoms with E-state index in [0.29, 0.717) is 6.04 Å². The second-order valence-electron chi connectivity index (χ2n) is 4.30. The van der Waals surface area contributed by atoms with E-state index < -0.39 is 0 Å². The molecule has 1 aromatic carbocycles. The highest BCUT2D eigenvalue weighted by Gasteiger charge is 2.10. The molecule has 0 aliphatic carbocycles. The largest absolute Gasteiger partial charge is 0.469 e. The smallest absolute Gasteiger partial charge is 0.105 e. The molecule has 1 heterocycles. The number of rotatable bonds is 7. The van der Waals surface area contributed by atoms with Crippen LogP contribution < -0.4 is 5.32 Å². The van der Waals surface area contributed by atoms with E-state index in [4.69, 9.17) is 16.0 Å². The van der Waals surface area contributed by atoms with Gasteiger partial charge in [0, 0.05) is 28.1 Å². The van der Waals surface area contributed by atoms with Crippen molar-refractivity contribution >= 4 is 23.4 Å². The van der Waals surface area contributed by atoms with E-state index in [1.807, 2.05) is 36.0 Å². The molecule has 0 saturated carbocycles. The molecule has 1 atom stereocenters. The molecule has 102 valence electrons. The van der Waals surface area contributed by atoms with Crippen molar-refractivity contribution in [3.63, 3.8) is 0 Å². The number of nitrogens with one attached hydrogen (secondary N) is 1. The first-order chi connectivity index (χ1) is 9.28. The summed E-state index contributed by atoms with van der Waals surface area (Å²) in [7, 11) is 0. The summed E-state index contributed by atoms with van der Waals surface area (Å²) in [6.07, 6.45) is 2.64. The Hall–Kier alpha value is -0.900. The maximum Gasteiger partial charge on any atom is 0.105 e. The van der Waals surface area contributed by atoms with Gasteiger partial charge in [0.1, 0.15) is 5.76 Å². The van der Waals surface area contributed by atoms with Crippen LogP contribution in [-0.4, -0.2) is 18.3 Å². The summed E-state index contributed by atoms with van der Waals surface area (Å²) < 4.78 is 5.41. The van der Waals surface area contributed by atoms with Crippen LogP contribution >= 0.6 is 23.4 Å². The Kier molecular flexibility index (Phi) is 5.83. The minimum Gasteiger partial charge on any atom is -0.469 e. The molecule has 0 bridgehead atoms. The van der Waals surface area contributed by atoms with Gasteiger partial charge in [-0.2, -0.15) is 0 Å². The quantitative estimate of drug-likeness (QED) is 0.773. The van der Waals surface area contributed by atoms with Crippen molar-refractivity contribution in [1.29, 1.82) is 0 Å². The number of hydrogen-bond acceptors (Lipinski definition) is 3. The predicted octanol–water partition coefficient (Wildman–Crippen LogP) is 4.25. The average molecular weight is 296 g/mol. The number of likely N-dealkylation sites (N-methyl/N-ethyl adjacent to an activating group) is 1. The van der Waals surface area contributed by atoms with Gasteiger partial charge < -0.3 is 9.73 Å². The molecule has 19 heavy (non-hydrogen) atoms. The first kappa shape index (κ1) is 14.5. The molecular formula is C15H18ClNOS. The molecule has 0 fully saturated rings. The summed E-state index contributed by atoms with van der Waals surface area (Å²) in [6.45, 7) is 3.09. The minimum atomic E-state index is 0.414. The molecule has 2 nitrogen and oxygen atoms in total.